The quantitative estimate of drug-likeness (QED) is 0.900. The first kappa shape index (κ1) is 17.0. The van der Waals surface area contributed by atoms with Crippen molar-refractivity contribution in [2.75, 3.05) is 37.5 Å². The second-order valence-corrected chi connectivity index (χ2v) is 5.85. The maximum Gasteiger partial charge on any atom is 0.276 e. The van der Waals surface area contributed by atoms with Gasteiger partial charge in [-0.3, -0.25) is 4.79 Å². The second kappa shape index (κ2) is 7.83. The summed E-state index contributed by atoms with van der Waals surface area (Å²) >= 11 is 0. The van der Waals surface area contributed by atoms with Crippen molar-refractivity contribution in [3.8, 4) is 11.5 Å². The number of anilines is 2. The molecule has 2 aromatic rings. The van der Waals surface area contributed by atoms with Crippen LogP contribution in [0.2, 0.25) is 0 Å². The molecule has 1 aromatic heterocycles. The van der Waals surface area contributed by atoms with Gasteiger partial charge in [-0.2, -0.15) is 0 Å². The Hall–Kier alpha value is -2.83. The largest absolute Gasteiger partial charge is 0.493 e. The third-order valence-corrected chi connectivity index (χ3v) is 4.20. The number of hydrogen-bond donors (Lipinski definition) is 1. The molecular weight excluding hydrogens is 320 g/mol. The van der Waals surface area contributed by atoms with Gasteiger partial charge in [0, 0.05) is 24.8 Å². The van der Waals surface area contributed by atoms with Crippen molar-refractivity contribution < 1.29 is 14.3 Å². The van der Waals surface area contributed by atoms with Crippen molar-refractivity contribution in [3.63, 3.8) is 0 Å². The molecule has 1 aliphatic heterocycles. The fourth-order valence-electron chi connectivity index (χ4n) is 2.85. The summed E-state index contributed by atoms with van der Waals surface area (Å²) in [5, 5.41) is 11.1. The number of amides is 1. The number of nitrogens with zero attached hydrogens (tertiary/aromatic N) is 3. The van der Waals surface area contributed by atoms with Gasteiger partial charge in [-0.1, -0.05) is 0 Å². The van der Waals surface area contributed by atoms with E-state index in [-0.39, 0.29) is 11.6 Å². The predicted molar refractivity (Wildman–Crippen MR) is 95.6 cm³/mol. The zero-order valence-corrected chi connectivity index (χ0v) is 14.5. The summed E-state index contributed by atoms with van der Waals surface area (Å²) in [5.74, 6) is 1.66. The van der Waals surface area contributed by atoms with E-state index in [0.717, 1.165) is 18.9 Å². The molecule has 1 aliphatic rings. The van der Waals surface area contributed by atoms with Gasteiger partial charge in [-0.25, -0.2) is 0 Å². The minimum Gasteiger partial charge on any atom is -0.493 e. The summed E-state index contributed by atoms with van der Waals surface area (Å²) in [6.07, 6.45) is 3.60. The number of piperidine rings is 1. The molecule has 1 saturated heterocycles. The second-order valence-electron chi connectivity index (χ2n) is 5.85. The standard InChI is InChI=1S/C18H22N4O3/c1-24-15-8-6-13(12-16(15)25-2)19-18(23)14-7-9-17(21-20-14)22-10-4-3-5-11-22/h6-9,12H,3-5,10-11H2,1-2H3,(H,19,23). The van der Waals surface area contributed by atoms with Crippen molar-refractivity contribution in [2.45, 2.75) is 19.3 Å². The fraction of sp³-hybridized carbons (Fsp3) is 0.389. The van der Waals surface area contributed by atoms with Crippen LogP contribution in [0.3, 0.4) is 0 Å². The molecule has 1 fully saturated rings. The van der Waals surface area contributed by atoms with E-state index in [4.69, 9.17) is 9.47 Å². The van der Waals surface area contributed by atoms with E-state index < -0.39 is 0 Å². The summed E-state index contributed by atoms with van der Waals surface area (Å²) in [7, 11) is 3.11. The predicted octanol–water partition coefficient (Wildman–Crippen LogP) is 2.74. The molecule has 25 heavy (non-hydrogen) atoms. The Morgan fingerprint density at radius 2 is 1.76 bits per heavy atom. The van der Waals surface area contributed by atoms with E-state index in [1.807, 2.05) is 6.07 Å². The number of hydrogen-bond acceptors (Lipinski definition) is 6. The summed E-state index contributed by atoms with van der Waals surface area (Å²) in [4.78, 5) is 14.6. The normalized spacial score (nSPS) is 14.1. The number of aromatic nitrogens is 2. The third-order valence-electron chi connectivity index (χ3n) is 4.20. The Balaban J connectivity index is 1.68. The smallest absolute Gasteiger partial charge is 0.276 e. The Kier molecular flexibility index (Phi) is 5.33. The molecule has 0 unspecified atom stereocenters. The average molecular weight is 342 g/mol. The first-order valence-corrected chi connectivity index (χ1v) is 8.33. The molecule has 132 valence electrons. The van der Waals surface area contributed by atoms with Gasteiger partial charge >= 0.3 is 0 Å². The van der Waals surface area contributed by atoms with Gasteiger partial charge in [0.05, 0.1) is 14.2 Å². The van der Waals surface area contributed by atoms with Crippen LogP contribution in [-0.4, -0.2) is 43.4 Å². The molecule has 1 amide bonds. The SMILES string of the molecule is COc1ccc(NC(=O)c2ccc(N3CCCCC3)nn2)cc1OC. The van der Waals surface area contributed by atoms with E-state index in [2.05, 4.69) is 20.4 Å². The summed E-state index contributed by atoms with van der Waals surface area (Å²) in [6, 6.07) is 8.73. The van der Waals surface area contributed by atoms with E-state index in [9.17, 15) is 4.79 Å². The van der Waals surface area contributed by atoms with E-state index >= 15 is 0 Å². The minimum absolute atomic E-state index is 0.274. The molecule has 3 rings (SSSR count). The van der Waals surface area contributed by atoms with Crippen LogP contribution in [0.15, 0.2) is 30.3 Å². The maximum absolute atomic E-state index is 12.4. The highest BCUT2D eigenvalue weighted by Crippen LogP contribution is 2.29. The Morgan fingerprint density at radius 3 is 2.40 bits per heavy atom. The average Bonchev–Trinajstić information content (AvgIpc) is 2.68. The number of benzene rings is 1. The van der Waals surface area contributed by atoms with Crippen LogP contribution in [0.1, 0.15) is 29.8 Å². The minimum atomic E-state index is -0.315. The number of nitrogens with one attached hydrogen (secondary N) is 1. The van der Waals surface area contributed by atoms with Crippen LogP contribution in [0.25, 0.3) is 0 Å². The highest BCUT2D eigenvalue weighted by Gasteiger charge is 2.15. The third kappa shape index (κ3) is 3.99. The zero-order chi connectivity index (χ0) is 17.6. The molecule has 0 atom stereocenters. The van der Waals surface area contributed by atoms with Crippen LogP contribution in [0.4, 0.5) is 11.5 Å². The highest BCUT2D eigenvalue weighted by atomic mass is 16.5. The number of carbonyl (C=O) groups is 1. The number of rotatable bonds is 5. The highest BCUT2D eigenvalue weighted by molar-refractivity contribution is 6.02. The fourth-order valence-corrected chi connectivity index (χ4v) is 2.85. The monoisotopic (exact) mass is 342 g/mol. The zero-order valence-electron chi connectivity index (χ0n) is 14.5. The molecule has 1 N–H and O–H groups in total. The topological polar surface area (TPSA) is 76.6 Å². The Morgan fingerprint density at radius 1 is 1.00 bits per heavy atom. The molecule has 1 aromatic carbocycles. The first-order chi connectivity index (χ1) is 12.2. The summed E-state index contributed by atoms with van der Waals surface area (Å²) in [6.45, 7) is 1.98. The molecular formula is C18H22N4O3. The van der Waals surface area contributed by atoms with Gasteiger partial charge in [0.1, 0.15) is 0 Å². The van der Waals surface area contributed by atoms with Gasteiger partial charge in [0.25, 0.3) is 5.91 Å². The summed E-state index contributed by atoms with van der Waals surface area (Å²) < 4.78 is 10.4. The Labute approximate surface area is 147 Å². The number of carbonyl (C=O) groups excluding carboxylic acids is 1. The molecule has 0 radical (unpaired) electrons. The molecule has 7 heteroatoms. The van der Waals surface area contributed by atoms with E-state index in [1.165, 1.54) is 19.3 Å². The first-order valence-electron chi connectivity index (χ1n) is 8.33. The molecule has 0 spiro atoms. The van der Waals surface area contributed by atoms with Crippen molar-refractivity contribution in [1.29, 1.82) is 0 Å². The van der Waals surface area contributed by atoms with Gasteiger partial charge in [0.15, 0.2) is 23.0 Å². The molecule has 0 aliphatic carbocycles. The van der Waals surface area contributed by atoms with Crippen LogP contribution < -0.4 is 19.7 Å². The summed E-state index contributed by atoms with van der Waals surface area (Å²) in [5.41, 5.74) is 0.875. The van der Waals surface area contributed by atoms with Crippen molar-refractivity contribution in [1.82, 2.24) is 10.2 Å². The van der Waals surface area contributed by atoms with Gasteiger partial charge in [-0.05, 0) is 43.5 Å². The number of ether oxygens (including phenoxy) is 2. The lowest BCUT2D eigenvalue weighted by Gasteiger charge is -2.27. The van der Waals surface area contributed by atoms with Gasteiger partial charge in [0.2, 0.25) is 0 Å². The van der Waals surface area contributed by atoms with Crippen molar-refractivity contribution >= 4 is 17.4 Å². The molecule has 7 nitrogen and oxygen atoms in total. The molecule has 2 heterocycles. The van der Waals surface area contributed by atoms with Crippen LogP contribution >= 0.6 is 0 Å². The molecule has 0 bridgehead atoms. The van der Waals surface area contributed by atoms with Crippen molar-refractivity contribution in [2.24, 2.45) is 0 Å². The van der Waals surface area contributed by atoms with Crippen LogP contribution in [0.5, 0.6) is 11.5 Å². The lowest BCUT2D eigenvalue weighted by molar-refractivity contribution is 0.102. The van der Waals surface area contributed by atoms with Gasteiger partial charge < -0.3 is 19.7 Å². The van der Waals surface area contributed by atoms with E-state index in [1.54, 1.807) is 38.5 Å². The molecule has 0 saturated carbocycles. The maximum atomic E-state index is 12.4. The van der Waals surface area contributed by atoms with E-state index in [0.29, 0.717) is 17.2 Å². The lowest BCUT2D eigenvalue weighted by Crippen LogP contribution is -2.30. The van der Waals surface area contributed by atoms with Crippen LogP contribution in [0, 0.1) is 0 Å². The Bertz CT molecular complexity index is 728. The van der Waals surface area contributed by atoms with Gasteiger partial charge in [-0.15, -0.1) is 10.2 Å². The van der Waals surface area contributed by atoms with Crippen molar-refractivity contribution in [3.05, 3.63) is 36.0 Å². The van der Waals surface area contributed by atoms with Crippen LogP contribution in [-0.2, 0) is 0 Å². The number of methoxy groups -OCH3 is 2. The lowest BCUT2D eigenvalue weighted by atomic mass is 10.1.